The van der Waals surface area contributed by atoms with Crippen LogP contribution in [0.4, 0.5) is 0 Å². The third kappa shape index (κ3) is 5.32. The maximum absolute atomic E-state index is 13.0. The molecule has 2 aromatic rings. The van der Waals surface area contributed by atoms with E-state index in [4.69, 9.17) is 9.47 Å². The summed E-state index contributed by atoms with van der Waals surface area (Å²) in [5.74, 6) is -0.382. The van der Waals surface area contributed by atoms with E-state index in [0.29, 0.717) is 0 Å². The summed E-state index contributed by atoms with van der Waals surface area (Å²) in [6, 6.07) is 13.9. The summed E-state index contributed by atoms with van der Waals surface area (Å²) in [6.07, 6.45) is 5.87. The van der Waals surface area contributed by atoms with Crippen molar-refractivity contribution < 1.29 is 14.3 Å². The van der Waals surface area contributed by atoms with E-state index < -0.39 is 5.60 Å². The van der Waals surface area contributed by atoms with E-state index in [2.05, 4.69) is 26.8 Å². The zero-order chi connectivity index (χ0) is 20.7. The summed E-state index contributed by atoms with van der Waals surface area (Å²) < 4.78 is 11.4. The third-order valence-corrected chi connectivity index (χ3v) is 5.00. The van der Waals surface area contributed by atoms with Gasteiger partial charge in [0, 0.05) is 12.7 Å². The zero-order valence-corrected chi connectivity index (χ0v) is 17.9. The number of fused-ring (bicyclic) bond motifs is 1. The van der Waals surface area contributed by atoms with Crippen LogP contribution in [0, 0.1) is 0 Å². The van der Waals surface area contributed by atoms with E-state index >= 15 is 0 Å². The number of carbonyl (C=O) groups excluding carboxylic acids is 1. The second-order valence-electron chi connectivity index (χ2n) is 7.71. The molecule has 0 N–H and O–H groups in total. The maximum atomic E-state index is 13.0. The number of benzene rings is 2. The predicted octanol–water partition coefficient (Wildman–Crippen LogP) is 6.33. The first kappa shape index (κ1) is 21.9. The van der Waals surface area contributed by atoms with Gasteiger partial charge in [-0.1, -0.05) is 59.7 Å². The molecule has 0 aliphatic heterocycles. The van der Waals surface area contributed by atoms with Gasteiger partial charge in [0.25, 0.3) is 0 Å². The Labute approximate surface area is 169 Å². The summed E-state index contributed by atoms with van der Waals surface area (Å²) in [6.45, 7) is 9.94. The summed E-state index contributed by atoms with van der Waals surface area (Å²) in [5, 5.41) is 2.06. The SMILES string of the molecule is CO[C@](C)(C(=O)O[C@H](C)/C=C(\C)CCC=C(C)C)c1cccc2ccccc12. The molecule has 2 rings (SSSR count). The molecule has 2 atom stereocenters. The van der Waals surface area contributed by atoms with Crippen molar-refractivity contribution in [3.8, 4) is 0 Å². The second kappa shape index (κ2) is 9.70. The first-order valence-corrected chi connectivity index (χ1v) is 9.83. The van der Waals surface area contributed by atoms with Crippen molar-refractivity contribution >= 4 is 16.7 Å². The molecule has 0 aromatic heterocycles. The van der Waals surface area contributed by atoms with Crippen LogP contribution in [0.3, 0.4) is 0 Å². The molecule has 0 bridgehead atoms. The van der Waals surface area contributed by atoms with Gasteiger partial charge in [0.1, 0.15) is 6.10 Å². The molecule has 28 heavy (non-hydrogen) atoms. The number of allylic oxidation sites excluding steroid dienone is 3. The van der Waals surface area contributed by atoms with Gasteiger partial charge < -0.3 is 9.47 Å². The van der Waals surface area contributed by atoms with Gasteiger partial charge in [-0.3, -0.25) is 0 Å². The lowest BCUT2D eigenvalue weighted by atomic mass is 9.90. The first-order chi connectivity index (χ1) is 13.3. The standard InChI is InChI=1S/C25H32O3/c1-18(2)11-9-12-19(3)17-20(4)28-24(26)25(5,27-6)23-16-10-14-21-13-7-8-15-22(21)23/h7-8,10-11,13-17,20H,9,12H2,1-6H3/b19-17+/t20-,25+/m1/s1. The quantitative estimate of drug-likeness (QED) is 0.397. The van der Waals surface area contributed by atoms with Gasteiger partial charge in [-0.05, 0) is 64.3 Å². The highest BCUT2D eigenvalue weighted by Crippen LogP contribution is 2.33. The lowest BCUT2D eigenvalue weighted by Gasteiger charge is -2.28. The Bertz CT molecular complexity index is 869. The fourth-order valence-electron chi connectivity index (χ4n) is 3.33. The molecule has 150 valence electrons. The predicted molar refractivity (Wildman–Crippen MR) is 116 cm³/mol. The van der Waals surface area contributed by atoms with Crippen LogP contribution >= 0.6 is 0 Å². The molecule has 0 aliphatic carbocycles. The molecule has 3 nitrogen and oxygen atoms in total. The smallest absolute Gasteiger partial charge is 0.343 e. The van der Waals surface area contributed by atoms with Gasteiger partial charge >= 0.3 is 5.97 Å². The minimum atomic E-state index is -1.17. The van der Waals surface area contributed by atoms with Crippen molar-refractivity contribution in [1.29, 1.82) is 0 Å². The summed E-state index contributed by atoms with van der Waals surface area (Å²) in [4.78, 5) is 13.0. The number of esters is 1. The van der Waals surface area contributed by atoms with Crippen molar-refractivity contribution in [2.45, 2.75) is 59.2 Å². The molecule has 3 heteroatoms. The Morgan fingerprint density at radius 3 is 2.46 bits per heavy atom. The molecule has 0 saturated carbocycles. The van der Waals surface area contributed by atoms with Gasteiger partial charge in [-0.25, -0.2) is 4.79 Å². The number of hydrogen-bond acceptors (Lipinski definition) is 3. The van der Waals surface area contributed by atoms with Crippen LogP contribution in [0.25, 0.3) is 10.8 Å². The molecular weight excluding hydrogens is 348 g/mol. The summed E-state index contributed by atoms with van der Waals surface area (Å²) >= 11 is 0. The summed E-state index contributed by atoms with van der Waals surface area (Å²) in [5.41, 5.74) is 2.17. The largest absolute Gasteiger partial charge is 0.456 e. The van der Waals surface area contributed by atoms with Crippen molar-refractivity contribution in [3.05, 3.63) is 71.3 Å². The number of carbonyl (C=O) groups is 1. The Balaban J connectivity index is 2.19. The Morgan fingerprint density at radius 1 is 1.11 bits per heavy atom. The monoisotopic (exact) mass is 380 g/mol. The second-order valence-corrected chi connectivity index (χ2v) is 7.71. The fourth-order valence-corrected chi connectivity index (χ4v) is 3.33. The molecule has 0 heterocycles. The van der Waals surface area contributed by atoms with Crippen LogP contribution < -0.4 is 0 Å². The Morgan fingerprint density at radius 2 is 1.79 bits per heavy atom. The minimum absolute atomic E-state index is 0.316. The molecule has 0 radical (unpaired) electrons. The molecule has 0 aliphatic rings. The topological polar surface area (TPSA) is 35.5 Å². The van der Waals surface area contributed by atoms with E-state index in [9.17, 15) is 4.79 Å². The van der Waals surface area contributed by atoms with Crippen LogP contribution in [0.1, 0.15) is 53.0 Å². The average molecular weight is 381 g/mol. The first-order valence-electron chi connectivity index (χ1n) is 9.83. The van der Waals surface area contributed by atoms with Crippen molar-refractivity contribution in [2.24, 2.45) is 0 Å². The molecular formula is C25H32O3. The minimum Gasteiger partial charge on any atom is -0.456 e. The Hall–Kier alpha value is -2.39. The molecule has 0 amide bonds. The highest BCUT2D eigenvalue weighted by Gasteiger charge is 2.39. The van der Waals surface area contributed by atoms with Crippen LogP contribution in [0.5, 0.6) is 0 Å². The van der Waals surface area contributed by atoms with Crippen LogP contribution in [-0.2, 0) is 19.9 Å². The Kier molecular flexibility index (Phi) is 7.59. The lowest BCUT2D eigenvalue weighted by Crippen LogP contribution is -2.38. The van der Waals surface area contributed by atoms with Gasteiger partial charge in [0.05, 0.1) is 0 Å². The van der Waals surface area contributed by atoms with Crippen LogP contribution in [0.2, 0.25) is 0 Å². The summed E-state index contributed by atoms with van der Waals surface area (Å²) in [7, 11) is 1.55. The van der Waals surface area contributed by atoms with E-state index in [1.807, 2.05) is 55.5 Å². The normalized spacial score (nSPS) is 15.0. The lowest BCUT2D eigenvalue weighted by molar-refractivity contribution is -0.171. The van der Waals surface area contributed by atoms with Gasteiger partial charge in [-0.15, -0.1) is 0 Å². The van der Waals surface area contributed by atoms with Gasteiger partial charge in [0.15, 0.2) is 5.60 Å². The van der Waals surface area contributed by atoms with Crippen LogP contribution in [0.15, 0.2) is 65.8 Å². The highest BCUT2D eigenvalue weighted by molar-refractivity contribution is 5.92. The van der Waals surface area contributed by atoms with Crippen molar-refractivity contribution in [3.63, 3.8) is 0 Å². The highest BCUT2D eigenvalue weighted by atomic mass is 16.6. The maximum Gasteiger partial charge on any atom is 0.343 e. The average Bonchev–Trinajstić information content (AvgIpc) is 2.66. The van der Waals surface area contributed by atoms with E-state index in [1.54, 1.807) is 14.0 Å². The zero-order valence-electron chi connectivity index (χ0n) is 17.9. The molecule has 0 fully saturated rings. The molecule has 0 unspecified atom stereocenters. The number of hydrogen-bond donors (Lipinski definition) is 0. The third-order valence-electron chi connectivity index (χ3n) is 5.00. The van der Waals surface area contributed by atoms with Gasteiger partial charge in [0.2, 0.25) is 0 Å². The van der Waals surface area contributed by atoms with E-state index in [-0.39, 0.29) is 12.1 Å². The molecule has 0 spiro atoms. The fraction of sp³-hybridized carbons (Fsp3) is 0.400. The van der Waals surface area contributed by atoms with E-state index in [1.165, 1.54) is 11.1 Å². The van der Waals surface area contributed by atoms with Gasteiger partial charge in [-0.2, -0.15) is 0 Å². The van der Waals surface area contributed by atoms with Crippen molar-refractivity contribution in [2.75, 3.05) is 7.11 Å². The van der Waals surface area contributed by atoms with E-state index in [0.717, 1.165) is 29.2 Å². The molecule has 0 saturated heterocycles. The number of ether oxygens (including phenoxy) is 2. The number of methoxy groups -OCH3 is 1. The van der Waals surface area contributed by atoms with Crippen LogP contribution in [-0.4, -0.2) is 19.2 Å². The van der Waals surface area contributed by atoms with Crippen molar-refractivity contribution in [1.82, 2.24) is 0 Å². The molecule has 2 aromatic carbocycles. The number of rotatable bonds is 8.